The van der Waals surface area contributed by atoms with Crippen molar-refractivity contribution in [1.82, 2.24) is 0 Å². The van der Waals surface area contributed by atoms with E-state index in [2.05, 4.69) is 20.1 Å². The van der Waals surface area contributed by atoms with Crippen molar-refractivity contribution in [3.05, 3.63) is 29.8 Å². The van der Waals surface area contributed by atoms with Crippen LogP contribution in [0.5, 0.6) is 5.75 Å². The molecule has 5 nitrogen and oxygen atoms in total. The van der Waals surface area contributed by atoms with Gasteiger partial charge in [-0.15, -0.1) is 0 Å². The third-order valence-corrected chi connectivity index (χ3v) is 2.51. The summed E-state index contributed by atoms with van der Waals surface area (Å²) in [5.74, 6) is -0.394. The number of halogens is 1. The monoisotopic (exact) mass is 308 g/mol. The molecule has 0 aromatic heterocycles. The summed E-state index contributed by atoms with van der Waals surface area (Å²) in [5.41, 5.74) is 0.255. The average Bonchev–Trinajstić information content (AvgIpc) is 2.15. The summed E-state index contributed by atoms with van der Waals surface area (Å²) in [4.78, 5) is 11.3. The molecular formula is C9H9BrO5S. The molecule has 0 spiro atoms. The van der Waals surface area contributed by atoms with E-state index in [-0.39, 0.29) is 11.3 Å². The Bertz CT molecular complexity index is 477. The number of hydrogen-bond acceptors (Lipinski definition) is 5. The van der Waals surface area contributed by atoms with Gasteiger partial charge in [0.2, 0.25) is 5.78 Å². The van der Waals surface area contributed by atoms with Crippen LogP contribution >= 0.6 is 15.9 Å². The Morgan fingerprint density at radius 1 is 1.38 bits per heavy atom. The Labute approximate surface area is 101 Å². The van der Waals surface area contributed by atoms with E-state index in [0.29, 0.717) is 0 Å². The highest BCUT2D eigenvalue weighted by Crippen LogP contribution is 2.16. The van der Waals surface area contributed by atoms with Crippen LogP contribution in [-0.2, 0) is 10.1 Å². The number of carbonyl (C=O) groups is 1. The quantitative estimate of drug-likeness (QED) is 0.508. The first-order chi connectivity index (χ1) is 7.29. The number of rotatable bonds is 4. The lowest BCUT2D eigenvalue weighted by Crippen LogP contribution is -2.13. The molecule has 1 atom stereocenters. The molecule has 1 N–H and O–H groups in total. The fourth-order valence-corrected chi connectivity index (χ4v) is 1.71. The van der Waals surface area contributed by atoms with E-state index in [1.165, 1.54) is 24.3 Å². The van der Waals surface area contributed by atoms with Crippen molar-refractivity contribution in [3.8, 4) is 5.75 Å². The number of benzene rings is 1. The van der Waals surface area contributed by atoms with Gasteiger partial charge in [-0.25, -0.2) is 0 Å². The summed E-state index contributed by atoms with van der Waals surface area (Å²) < 4.78 is 26.2. The molecule has 0 radical (unpaired) electrons. The van der Waals surface area contributed by atoms with Crippen molar-refractivity contribution in [2.75, 3.05) is 6.26 Å². The maximum Gasteiger partial charge on any atom is 0.306 e. The van der Waals surface area contributed by atoms with E-state index < -0.39 is 20.9 Å². The molecular weight excluding hydrogens is 300 g/mol. The lowest BCUT2D eigenvalue weighted by atomic mass is 10.1. The fraction of sp³-hybridized carbons (Fsp3) is 0.222. The lowest BCUT2D eigenvalue weighted by Gasteiger charge is -2.04. The van der Waals surface area contributed by atoms with E-state index in [1.807, 2.05) is 0 Å². The highest BCUT2D eigenvalue weighted by atomic mass is 79.9. The van der Waals surface area contributed by atoms with E-state index >= 15 is 0 Å². The average molecular weight is 309 g/mol. The minimum Gasteiger partial charge on any atom is -0.383 e. The van der Waals surface area contributed by atoms with Crippen LogP contribution in [-0.4, -0.2) is 30.6 Å². The van der Waals surface area contributed by atoms with Gasteiger partial charge in [0.25, 0.3) is 0 Å². The van der Waals surface area contributed by atoms with Crippen molar-refractivity contribution in [1.29, 1.82) is 0 Å². The van der Waals surface area contributed by atoms with Crippen LogP contribution < -0.4 is 4.18 Å². The predicted molar refractivity (Wildman–Crippen MR) is 61.2 cm³/mol. The third kappa shape index (κ3) is 3.92. The molecule has 0 bridgehead atoms. The van der Waals surface area contributed by atoms with Crippen LogP contribution in [0.2, 0.25) is 0 Å². The molecule has 0 saturated heterocycles. The summed E-state index contributed by atoms with van der Waals surface area (Å²) in [7, 11) is -3.57. The van der Waals surface area contributed by atoms with E-state index in [4.69, 9.17) is 5.11 Å². The molecule has 0 amide bonds. The first-order valence-corrected chi connectivity index (χ1v) is 6.89. The zero-order valence-electron chi connectivity index (χ0n) is 8.25. The van der Waals surface area contributed by atoms with Crippen LogP contribution in [0.3, 0.4) is 0 Å². The molecule has 0 aliphatic carbocycles. The van der Waals surface area contributed by atoms with Gasteiger partial charge in [-0.1, -0.05) is 0 Å². The Morgan fingerprint density at radius 3 is 2.25 bits per heavy atom. The smallest absolute Gasteiger partial charge is 0.306 e. The van der Waals surface area contributed by atoms with Crippen LogP contribution in [0, 0.1) is 0 Å². The van der Waals surface area contributed by atoms with Crippen molar-refractivity contribution < 1.29 is 22.5 Å². The van der Waals surface area contributed by atoms with Crippen LogP contribution in [0.15, 0.2) is 24.3 Å². The Morgan fingerprint density at radius 2 is 1.88 bits per heavy atom. The zero-order valence-corrected chi connectivity index (χ0v) is 10.7. The minimum atomic E-state index is -3.57. The van der Waals surface area contributed by atoms with Gasteiger partial charge in [0.05, 0.1) is 6.26 Å². The predicted octanol–water partition coefficient (Wildman–Crippen LogP) is 0.921. The van der Waals surface area contributed by atoms with Crippen molar-refractivity contribution >= 4 is 31.8 Å². The van der Waals surface area contributed by atoms with E-state index in [0.717, 1.165) is 6.26 Å². The largest absolute Gasteiger partial charge is 0.383 e. The van der Waals surface area contributed by atoms with E-state index in [1.54, 1.807) is 0 Å². The standard InChI is InChI=1S/C9H9BrO5S/c1-16(13,14)15-7-4-2-6(3-5-7)8(11)9(10)12/h2-5,9,12H,1H3. The van der Waals surface area contributed by atoms with Gasteiger partial charge in [-0.3, -0.25) is 4.79 Å². The van der Waals surface area contributed by atoms with Gasteiger partial charge in [-0.05, 0) is 40.2 Å². The second-order valence-corrected chi connectivity index (χ2v) is 5.45. The number of ketones is 1. The number of aliphatic hydroxyl groups excluding tert-OH is 1. The molecule has 16 heavy (non-hydrogen) atoms. The van der Waals surface area contributed by atoms with Crippen molar-refractivity contribution in [2.45, 2.75) is 5.01 Å². The van der Waals surface area contributed by atoms with Crippen molar-refractivity contribution in [3.63, 3.8) is 0 Å². The molecule has 1 rings (SSSR count). The van der Waals surface area contributed by atoms with Gasteiger partial charge in [0.1, 0.15) is 5.75 Å². The van der Waals surface area contributed by atoms with Gasteiger partial charge in [0.15, 0.2) is 5.01 Å². The number of alkyl halides is 1. The normalized spacial score (nSPS) is 13.2. The van der Waals surface area contributed by atoms with Gasteiger partial charge in [0, 0.05) is 5.56 Å². The Hall–Kier alpha value is -0.920. The molecule has 0 saturated carbocycles. The molecule has 0 aliphatic rings. The molecule has 1 aromatic carbocycles. The van der Waals surface area contributed by atoms with Gasteiger partial charge >= 0.3 is 10.1 Å². The summed E-state index contributed by atoms with van der Waals surface area (Å²) >= 11 is 2.72. The van der Waals surface area contributed by atoms with Crippen LogP contribution in [0.4, 0.5) is 0 Å². The first kappa shape index (κ1) is 13.1. The van der Waals surface area contributed by atoms with Gasteiger partial charge in [-0.2, -0.15) is 8.42 Å². The molecule has 1 unspecified atom stereocenters. The number of Topliss-reactive ketones (excluding diaryl/α,β-unsaturated/α-hetero) is 1. The third-order valence-electron chi connectivity index (χ3n) is 1.60. The van der Waals surface area contributed by atoms with E-state index in [9.17, 15) is 13.2 Å². The number of carbonyl (C=O) groups excluding carboxylic acids is 1. The molecule has 1 aromatic rings. The van der Waals surface area contributed by atoms with Crippen LogP contribution in [0.25, 0.3) is 0 Å². The Kier molecular flexibility index (Phi) is 4.06. The second kappa shape index (κ2) is 4.94. The first-order valence-electron chi connectivity index (χ1n) is 4.15. The molecule has 88 valence electrons. The molecule has 0 aliphatic heterocycles. The second-order valence-electron chi connectivity index (χ2n) is 3.01. The molecule has 0 heterocycles. The highest BCUT2D eigenvalue weighted by Gasteiger charge is 2.13. The zero-order chi connectivity index (χ0) is 12.3. The Balaban J connectivity index is 2.88. The number of hydrogen-bond donors (Lipinski definition) is 1. The van der Waals surface area contributed by atoms with Crippen molar-refractivity contribution in [2.24, 2.45) is 0 Å². The maximum atomic E-state index is 11.3. The lowest BCUT2D eigenvalue weighted by molar-refractivity contribution is 0.0875. The summed E-state index contributed by atoms with van der Waals surface area (Å²) in [6, 6.07) is 5.41. The SMILES string of the molecule is CS(=O)(=O)Oc1ccc(C(=O)C(O)Br)cc1. The van der Waals surface area contributed by atoms with Gasteiger partial charge < -0.3 is 9.29 Å². The number of aliphatic hydroxyl groups is 1. The van der Waals surface area contributed by atoms with Crippen LogP contribution in [0.1, 0.15) is 10.4 Å². The summed E-state index contributed by atoms with van der Waals surface area (Å²) in [6.45, 7) is 0. The topological polar surface area (TPSA) is 80.7 Å². The highest BCUT2D eigenvalue weighted by molar-refractivity contribution is 9.09. The maximum absolute atomic E-state index is 11.3. The summed E-state index contributed by atoms with van der Waals surface area (Å²) in [6.07, 6.45) is 0.925. The summed E-state index contributed by atoms with van der Waals surface area (Å²) in [5, 5.41) is 7.70. The molecule has 0 fully saturated rings. The molecule has 7 heteroatoms. The minimum absolute atomic E-state index is 0.114. The fourth-order valence-electron chi connectivity index (χ4n) is 0.987.